The highest BCUT2D eigenvalue weighted by Crippen LogP contribution is 2.27. The number of carbonyl (C=O) groups excluding carboxylic acids is 1. The summed E-state index contributed by atoms with van der Waals surface area (Å²) in [7, 11) is -3.54. The first kappa shape index (κ1) is 16.5. The molecule has 1 aromatic rings. The van der Waals surface area contributed by atoms with Crippen LogP contribution in [0.5, 0.6) is 0 Å². The number of benzene rings is 1. The Labute approximate surface area is 138 Å². The van der Waals surface area contributed by atoms with Crippen molar-refractivity contribution >= 4 is 15.9 Å². The molecule has 0 aliphatic carbocycles. The molecule has 2 unspecified atom stereocenters. The molecule has 0 spiro atoms. The molecule has 0 bridgehead atoms. The number of amides is 1. The zero-order valence-electron chi connectivity index (χ0n) is 13.7. The molecule has 2 aliphatic rings. The number of sulfonamides is 1. The molecule has 6 heteroatoms. The summed E-state index contributed by atoms with van der Waals surface area (Å²) in [5.41, 5.74) is 0.462. The molecule has 1 amide bonds. The lowest BCUT2D eigenvalue weighted by molar-refractivity contribution is 0.0651. The fourth-order valence-electron chi connectivity index (χ4n) is 3.44. The van der Waals surface area contributed by atoms with Crippen LogP contribution in [0.1, 0.15) is 37.0 Å². The minimum absolute atomic E-state index is 0.0753. The molecule has 2 fully saturated rings. The lowest BCUT2D eigenvalue weighted by Gasteiger charge is -2.34. The van der Waals surface area contributed by atoms with Crippen molar-refractivity contribution in [1.82, 2.24) is 9.21 Å². The molecule has 0 N–H and O–H groups in total. The fourth-order valence-corrected chi connectivity index (χ4v) is 5.17. The summed E-state index contributed by atoms with van der Waals surface area (Å²) in [6.07, 6.45) is 2.08. The van der Waals surface area contributed by atoms with Crippen molar-refractivity contribution in [3.05, 3.63) is 29.8 Å². The highest BCUT2D eigenvalue weighted by molar-refractivity contribution is 7.89. The van der Waals surface area contributed by atoms with Crippen LogP contribution >= 0.6 is 0 Å². The van der Waals surface area contributed by atoms with Crippen LogP contribution in [0.15, 0.2) is 29.2 Å². The van der Waals surface area contributed by atoms with Gasteiger partial charge in [0.1, 0.15) is 0 Å². The van der Waals surface area contributed by atoms with Gasteiger partial charge in [-0.1, -0.05) is 19.9 Å². The van der Waals surface area contributed by atoms with Crippen LogP contribution in [0, 0.1) is 11.8 Å². The monoisotopic (exact) mass is 336 g/mol. The number of rotatable bonds is 3. The van der Waals surface area contributed by atoms with E-state index in [2.05, 4.69) is 13.8 Å². The second kappa shape index (κ2) is 6.24. The van der Waals surface area contributed by atoms with Gasteiger partial charge < -0.3 is 4.90 Å². The Morgan fingerprint density at radius 3 is 2.35 bits per heavy atom. The zero-order chi connectivity index (χ0) is 16.6. The van der Waals surface area contributed by atoms with Crippen LogP contribution in [-0.4, -0.2) is 49.7 Å². The maximum atomic E-state index is 12.9. The second-order valence-electron chi connectivity index (χ2n) is 6.94. The van der Waals surface area contributed by atoms with Crippen molar-refractivity contribution in [2.75, 3.05) is 26.2 Å². The Bertz CT molecular complexity index is 688. The Morgan fingerprint density at radius 1 is 1.13 bits per heavy atom. The normalized spacial score (nSPS) is 25.9. The molecule has 1 aromatic carbocycles. The van der Waals surface area contributed by atoms with Gasteiger partial charge in [-0.15, -0.1) is 0 Å². The van der Waals surface area contributed by atoms with Gasteiger partial charge in [-0.2, -0.15) is 4.31 Å². The van der Waals surface area contributed by atoms with Crippen LogP contribution in [0.3, 0.4) is 0 Å². The van der Waals surface area contributed by atoms with E-state index in [1.54, 1.807) is 27.4 Å². The molecular weight excluding hydrogens is 312 g/mol. The van der Waals surface area contributed by atoms with Crippen molar-refractivity contribution in [3.8, 4) is 0 Å². The minimum Gasteiger partial charge on any atom is -0.339 e. The molecule has 0 radical (unpaired) electrons. The van der Waals surface area contributed by atoms with Crippen molar-refractivity contribution in [3.63, 3.8) is 0 Å². The third-order valence-electron chi connectivity index (χ3n) is 4.70. The van der Waals surface area contributed by atoms with Crippen molar-refractivity contribution in [2.24, 2.45) is 11.8 Å². The summed E-state index contributed by atoms with van der Waals surface area (Å²) in [6.45, 7) is 6.80. The Kier molecular flexibility index (Phi) is 4.47. The molecule has 0 saturated carbocycles. The van der Waals surface area contributed by atoms with E-state index in [9.17, 15) is 13.2 Å². The Morgan fingerprint density at radius 2 is 1.78 bits per heavy atom. The summed E-state index contributed by atoms with van der Waals surface area (Å²) in [4.78, 5) is 14.3. The van der Waals surface area contributed by atoms with Gasteiger partial charge in [0.25, 0.3) is 5.91 Å². The number of likely N-dealkylation sites (tertiary alicyclic amines) is 1. The molecule has 126 valence electrons. The largest absolute Gasteiger partial charge is 0.339 e. The van der Waals surface area contributed by atoms with Crippen LogP contribution < -0.4 is 0 Å². The number of carbonyl (C=O) groups is 1. The lowest BCUT2D eigenvalue weighted by Crippen LogP contribution is -2.43. The van der Waals surface area contributed by atoms with E-state index in [0.717, 1.165) is 25.9 Å². The highest BCUT2D eigenvalue weighted by atomic mass is 32.2. The summed E-state index contributed by atoms with van der Waals surface area (Å²) >= 11 is 0. The fraction of sp³-hybridized carbons (Fsp3) is 0.588. The van der Waals surface area contributed by atoms with Gasteiger partial charge in [-0.05, 0) is 42.9 Å². The van der Waals surface area contributed by atoms with E-state index in [1.165, 1.54) is 6.07 Å². The molecule has 5 nitrogen and oxygen atoms in total. The van der Waals surface area contributed by atoms with Crippen molar-refractivity contribution < 1.29 is 13.2 Å². The summed E-state index contributed by atoms with van der Waals surface area (Å²) in [6, 6.07) is 6.48. The topological polar surface area (TPSA) is 57.7 Å². The number of hydrogen-bond acceptors (Lipinski definition) is 3. The van der Waals surface area contributed by atoms with Crippen molar-refractivity contribution in [1.29, 1.82) is 0 Å². The number of nitrogens with zero attached hydrogens (tertiary/aromatic N) is 2. The standard InChI is InChI=1S/C17H24N2O3S/c1-13-9-14(2)12-19(11-13)23(21,22)16-6-3-5-15(10-16)17(20)18-7-4-8-18/h3,5-6,10,13-14H,4,7-9,11-12H2,1-2H3. The second-order valence-corrected chi connectivity index (χ2v) is 8.88. The minimum atomic E-state index is -3.54. The first-order valence-corrected chi connectivity index (χ1v) is 9.71. The quantitative estimate of drug-likeness (QED) is 0.850. The van der Waals surface area contributed by atoms with Crippen LogP contribution in [0.2, 0.25) is 0 Å². The molecule has 2 aliphatic heterocycles. The summed E-state index contributed by atoms with van der Waals surface area (Å²) in [5, 5.41) is 0. The van der Waals surface area contributed by atoms with Gasteiger partial charge in [0.15, 0.2) is 0 Å². The molecule has 2 heterocycles. The maximum Gasteiger partial charge on any atom is 0.253 e. The molecule has 2 saturated heterocycles. The van der Waals surface area contributed by atoms with E-state index in [1.807, 2.05) is 0 Å². The maximum absolute atomic E-state index is 12.9. The molecule has 3 rings (SSSR count). The van der Waals surface area contributed by atoms with Crippen LogP contribution in [-0.2, 0) is 10.0 Å². The van der Waals surface area contributed by atoms with Gasteiger partial charge in [0.2, 0.25) is 10.0 Å². The van der Waals surface area contributed by atoms with E-state index in [0.29, 0.717) is 30.5 Å². The van der Waals surface area contributed by atoms with Gasteiger partial charge in [-0.25, -0.2) is 8.42 Å². The van der Waals surface area contributed by atoms with E-state index in [-0.39, 0.29) is 10.8 Å². The summed E-state index contributed by atoms with van der Waals surface area (Å²) in [5.74, 6) is 0.646. The average molecular weight is 336 g/mol. The molecular formula is C17H24N2O3S. The molecule has 23 heavy (non-hydrogen) atoms. The molecule has 0 aromatic heterocycles. The van der Waals surface area contributed by atoms with Gasteiger partial charge in [-0.3, -0.25) is 4.79 Å². The van der Waals surface area contributed by atoms with Gasteiger partial charge in [0.05, 0.1) is 4.90 Å². The average Bonchev–Trinajstić information content (AvgIpc) is 2.44. The number of hydrogen-bond donors (Lipinski definition) is 0. The zero-order valence-corrected chi connectivity index (χ0v) is 14.6. The molecule has 2 atom stereocenters. The van der Waals surface area contributed by atoms with Crippen LogP contribution in [0.4, 0.5) is 0 Å². The lowest BCUT2D eigenvalue weighted by atomic mass is 9.94. The Balaban J connectivity index is 1.86. The van der Waals surface area contributed by atoms with Crippen molar-refractivity contribution in [2.45, 2.75) is 31.6 Å². The van der Waals surface area contributed by atoms with E-state index in [4.69, 9.17) is 0 Å². The first-order valence-electron chi connectivity index (χ1n) is 8.27. The van der Waals surface area contributed by atoms with Gasteiger partial charge in [0, 0.05) is 31.7 Å². The first-order chi connectivity index (χ1) is 10.9. The summed E-state index contributed by atoms with van der Waals surface area (Å²) < 4.78 is 27.4. The Hall–Kier alpha value is -1.40. The van der Waals surface area contributed by atoms with E-state index >= 15 is 0 Å². The smallest absolute Gasteiger partial charge is 0.253 e. The SMILES string of the molecule is CC1CC(C)CN(S(=O)(=O)c2cccc(C(=O)N3CCC3)c2)C1. The third-order valence-corrected chi connectivity index (χ3v) is 6.53. The third kappa shape index (κ3) is 3.28. The van der Waals surface area contributed by atoms with Gasteiger partial charge >= 0.3 is 0 Å². The number of piperidine rings is 1. The predicted molar refractivity (Wildman–Crippen MR) is 88.7 cm³/mol. The highest BCUT2D eigenvalue weighted by Gasteiger charge is 2.32. The van der Waals surface area contributed by atoms with Crippen LogP contribution in [0.25, 0.3) is 0 Å². The predicted octanol–water partition coefficient (Wildman–Crippen LogP) is 2.20. The van der Waals surface area contributed by atoms with E-state index < -0.39 is 10.0 Å².